The molecule has 0 aromatic heterocycles. The molecule has 0 aliphatic carbocycles. The van der Waals surface area contributed by atoms with E-state index in [1.54, 1.807) is 24.0 Å². The topological polar surface area (TPSA) is 57.6 Å². The minimum Gasteiger partial charge on any atom is -0.481 e. The van der Waals surface area contributed by atoms with Gasteiger partial charge in [-0.05, 0) is 25.5 Å². The van der Waals surface area contributed by atoms with Crippen LogP contribution < -0.4 is 0 Å². The minimum absolute atomic E-state index is 0.102. The van der Waals surface area contributed by atoms with Crippen LogP contribution >= 0.6 is 0 Å². The molecule has 1 N–H and O–H groups in total. The monoisotopic (exact) mass is 263 g/mol. The average molecular weight is 263 g/mol. The first-order valence-corrected chi connectivity index (χ1v) is 6.54. The number of aryl methyl sites for hydroxylation is 1. The molecule has 19 heavy (non-hydrogen) atoms. The van der Waals surface area contributed by atoms with Gasteiger partial charge in [0.2, 0.25) is 0 Å². The number of carboxylic acid groups (broad SMARTS) is 1. The normalized spacial score (nSPS) is 11.9. The zero-order chi connectivity index (χ0) is 14.4. The highest BCUT2D eigenvalue weighted by molar-refractivity contribution is 5.94. The van der Waals surface area contributed by atoms with E-state index in [0.29, 0.717) is 12.1 Å². The Morgan fingerprint density at radius 2 is 1.84 bits per heavy atom. The SMILES string of the molecule is CCCN(CC(C)C(=O)O)C(=O)c1ccc(C)cc1. The Balaban J connectivity index is 2.83. The Morgan fingerprint density at radius 3 is 2.32 bits per heavy atom. The van der Waals surface area contributed by atoms with Crippen LogP contribution in [0.25, 0.3) is 0 Å². The third kappa shape index (κ3) is 4.39. The number of amides is 1. The van der Waals surface area contributed by atoms with Crippen molar-refractivity contribution >= 4 is 11.9 Å². The molecule has 0 aliphatic rings. The Bertz CT molecular complexity index is 439. The number of rotatable bonds is 6. The van der Waals surface area contributed by atoms with Crippen LogP contribution in [0, 0.1) is 12.8 Å². The summed E-state index contributed by atoms with van der Waals surface area (Å²) in [5.41, 5.74) is 1.70. The van der Waals surface area contributed by atoms with E-state index in [1.807, 2.05) is 26.0 Å². The smallest absolute Gasteiger partial charge is 0.308 e. The molecule has 0 radical (unpaired) electrons. The summed E-state index contributed by atoms with van der Waals surface area (Å²) in [6.45, 7) is 6.37. The Kier molecular flexibility index (Phi) is 5.55. The summed E-state index contributed by atoms with van der Waals surface area (Å²) in [5, 5.41) is 8.95. The van der Waals surface area contributed by atoms with Crippen molar-refractivity contribution in [3.8, 4) is 0 Å². The molecule has 0 saturated heterocycles. The molecule has 0 bridgehead atoms. The largest absolute Gasteiger partial charge is 0.481 e. The summed E-state index contributed by atoms with van der Waals surface area (Å²) in [5.74, 6) is -1.53. The van der Waals surface area contributed by atoms with Crippen LogP contribution in [0.15, 0.2) is 24.3 Å². The summed E-state index contributed by atoms with van der Waals surface area (Å²) in [6.07, 6.45) is 0.809. The molecule has 1 rings (SSSR count). The van der Waals surface area contributed by atoms with Gasteiger partial charge in [-0.25, -0.2) is 0 Å². The van der Waals surface area contributed by atoms with Gasteiger partial charge in [-0.15, -0.1) is 0 Å². The number of hydrogen-bond donors (Lipinski definition) is 1. The Labute approximate surface area is 114 Å². The zero-order valence-electron chi connectivity index (χ0n) is 11.7. The van der Waals surface area contributed by atoms with Crippen molar-refractivity contribution in [1.29, 1.82) is 0 Å². The van der Waals surface area contributed by atoms with Crippen molar-refractivity contribution in [2.24, 2.45) is 5.92 Å². The molecule has 1 unspecified atom stereocenters. The number of hydrogen-bond acceptors (Lipinski definition) is 2. The lowest BCUT2D eigenvalue weighted by Crippen LogP contribution is -2.37. The lowest BCUT2D eigenvalue weighted by Gasteiger charge is -2.24. The van der Waals surface area contributed by atoms with Crippen molar-refractivity contribution < 1.29 is 14.7 Å². The molecular weight excluding hydrogens is 242 g/mol. The maximum absolute atomic E-state index is 12.3. The maximum Gasteiger partial charge on any atom is 0.308 e. The fourth-order valence-corrected chi connectivity index (χ4v) is 1.83. The van der Waals surface area contributed by atoms with Gasteiger partial charge in [0, 0.05) is 18.7 Å². The molecule has 4 nitrogen and oxygen atoms in total. The molecule has 1 atom stereocenters. The highest BCUT2D eigenvalue weighted by Crippen LogP contribution is 2.10. The van der Waals surface area contributed by atoms with Crippen LogP contribution in [-0.2, 0) is 4.79 Å². The van der Waals surface area contributed by atoms with Crippen LogP contribution in [0.2, 0.25) is 0 Å². The van der Waals surface area contributed by atoms with Crippen LogP contribution in [-0.4, -0.2) is 35.0 Å². The van der Waals surface area contributed by atoms with Gasteiger partial charge in [0.15, 0.2) is 0 Å². The van der Waals surface area contributed by atoms with Crippen LogP contribution in [0.5, 0.6) is 0 Å². The second-order valence-electron chi connectivity index (χ2n) is 4.86. The van der Waals surface area contributed by atoms with E-state index in [1.165, 1.54) is 0 Å². The summed E-state index contributed by atoms with van der Waals surface area (Å²) < 4.78 is 0. The molecule has 1 aromatic carbocycles. The van der Waals surface area contributed by atoms with Gasteiger partial charge in [-0.2, -0.15) is 0 Å². The third-order valence-corrected chi connectivity index (χ3v) is 3.00. The van der Waals surface area contributed by atoms with E-state index >= 15 is 0 Å². The van der Waals surface area contributed by atoms with Crippen molar-refractivity contribution in [1.82, 2.24) is 4.90 Å². The number of nitrogens with zero attached hydrogens (tertiary/aromatic N) is 1. The highest BCUT2D eigenvalue weighted by Gasteiger charge is 2.20. The molecule has 0 saturated carbocycles. The molecule has 0 heterocycles. The first kappa shape index (κ1) is 15.2. The van der Waals surface area contributed by atoms with Gasteiger partial charge >= 0.3 is 5.97 Å². The molecule has 0 fully saturated rings. The van der Waals surface area contributed by atoms with Gasteiger partial charge in [0.1, 0.15) is 0 Å². The zero-order valence-corrected chi connectivity index (χ0v) is 11.7. The van der Waals surface area contributed by atoms with Crippen molar-refractivity contribution in [2.45, 2.75) is 27.2 Å². The van der Waals surface area contributed by atoms with E-state index in [-0.39, 0.29) is 12.5 Å². The quantitative estimate of drug-likeness (QED) is 0.858. The molecule has 0 aliphatic heterocycles. The van der Waals surface area contributed by atoms with Gasteiger partial charge in [-0.1, -0.05) is 31.5 Å². The lowest BCUT2D eigenvalue weighted by molar-refractivity contribution is -0.141. The average Bonchev–Trinajstić information content (AvgIpc) is 2.38. The predicted octanol–water partition coefficient (Wildman–Crippen LogP) is 2.57. The highest BCUT2D eigenvalue weighted by atomic mass is 16.4. The fourth-order valence-electron chi connectivity index (χ4n) is 1.83. The van der Waals surface area contributed by atoms with Crippen LogP contribution in [0.3, 0.4) is 0 Å². The molecular formula is C15H21NO3. The van der Waals surface area contributed by atoms with Gasteiger partial charge in [-0.3, -0.25) is 9.59 Å². The van der Waals surface area contributed by atoms with Gasteiger partial charge in [0.25, 0.3) is 5.91 Å². The first-order valence-electron chi connectivity index (χ1n) is 6.54. The van der Waals surface area contributed by atoms with Crippen molar-refractivity contribution in [3.63, 3.8) is 0 Å². The predicted molar refractivity (Wildman–Crippen MR) is 74.2 cm³/mol. The number of aliphatic carboxylic acids is 1. The standard InChI is InChI=1S/C15H21NO3/c1-4-9-16(10-12(3)15(18)19)14(17)13-7-5-11(2)6-8-13/h5-8,12H,4,9-10H2,1-3H3,(H,18,19). The molecule has 0 spiro atoms. The molecule has 1 amide bonds. The van der Waals surface area contributed by atoms with Gasteiger partial charge in [0.05, 0.1) is 5.92 Å². The maximum atomic E-state index is 12.3. The van der Waals surface area contributed by atoms with Gasteiger partial charge < -0.3 is 10.0 Å². The number of carbonyl (C=O) groups is 2. The summed E-state index contributed by atoms with van der Waals surface area (Å²) in [4.78, 5) is 24.9. The first-order chi connectivity index (χ1) is 8.95. The number of benzene rings is 1. The number of carboxylic acids is 1. The summed E-state index contributed by atoms with van der Waals surface area (Å²) in [7, 11) is 0. The van der Waals surface area contributed by atoms with E-state index in [2.05, 4.69) is 0 Å². The van der Waals surface area contributed by atoms with Crippen LogP contribution in [0.1, 0.15) is 36.2 Å². The summed E-state index contributed by atoms with van der Waals surface area (Å²) >= 11 is 0. The van der Waals surface area contributed by atoms with E-state index in [9.17, 15) is 9.59 Å². The molecule has 104 valence electrons. The second kappa shape index (κ2) is 6.92. The van der Waals surface area contributed by atoms with Crippen molar-refractivity contribution in [3.05, 3.63) is 35.4 Å². The van der Waals surface area contributed by atoms with E-state index in [0.717, 1.165) is 12.0 Å². The Hall–Kier alpha value is -1.84. The lowest BCUT2D eigenvalue weighted by atomic mass is 10.1. The fraction of sp³-hybridized carbons (Fsp3) is 0.467. The van der Waals surface area contributed by atoms with Crippen molar-refractivity contribution in [2.75, 3.05) is 13.1 Å². The molecule has 4 heteroatoms. The van der Waals surface area contributed by atoms with E-state index in [4.69, 9.17) is 5.11 Å². The third-order valence-electron chi connectivity index (χ3n) is 3.00. The van der Waals surface area contributed by atoms with Crippen LogP contribution in [0.4, 0.5) is 0 Å². The molecule has 1 aromatic rings. The second-order valence-corrected chi connectivity index (χ2v) is 4.86. The summed E-state index contributed by atoms with van der Waals surface area (Å²) in [6, 6.07) is 7.34. The minimum atomic E-state index is -0.877. The number of carbonyl (C=O) groups excluding carboxylic acids is 1. The van der Waals surface area contributed by atoms with E-state index < -0.39 is 11.9 Å². The Morgan fingerprint density at radius 1 is 1.26 bits per heavy atom.